The van der Waals surface area contributed by atoms with Crippen LogP contribution in [0.5, 0.6) is 5.75 Å². The summed E-state index contributed by atoms with van der Waals surface area (Å²) in [5.41, 5.74) is 7.17. The van der Waals surface area contributed by atoms with Crippen LogP contribution < -0.4 is 11.1 Å². The molecule has 2 aromatic carbocycles. The third-order valence-corrected chi connectivity index (χ3v) is 9.26. The van der Waals surface area contributed by atoms with E-state index in [4.69, 9.17) is 5.73 Å². The summed E-state index contributed by atoms with van der Waals surface area (Å²) in [6, 6.07) is 10.7. The van der Waals surface area contributed by atoms with Gasteiger partial charge in [0.2, 0.25) is 0 Å². The minimum atomic E-state index is -2.01. The van der Waals surface area contributed by atoms with E-state index >= 15 is 0 Å². The Balaban J connectivity index is 1.59. The van der Waals surface area contributed by atoms with E-state index in [2.05, 4.69) is 32.2 Å². The number of carbonyl (C=O) groups is 2. The first-order valence-electron chi connectivity index (χ1n) is 14.8. The molecule has 0 saturated heterocycles. The summed E-state index contributed by atoms with van der Waals surface area (Å²) in [6.45, 7) is 9.40. The number of aliphatic hydroxyl groups excluding tert-OH is 2. The zero-order valence-electron chi connectivity index (χ0n) is 25.7. The standard InChI is InChI=1S/C34H43N3O6/c1-33(2,3)16-36-15-17-8-7-9-18(12-17)20-10-11-23(38)25-21(20)13-19-14-22-26(30(40)24(19)29(25)39)34(4,43)27(32(35)42)31(41)28(22)37(5)6/h7-12,19,22,26,28,36,38,40-41,43H,13-16H2,1-6H3,(H2,35,42)/t19?,22?,26?,28-,34?/m0/s1. The molecular weight excluding hydrogens is 546 g/mol. The Hall–Kier alpha value is -3.66. The zero-order valence-corrected chi connectivity index (χ0v) is 25.7. The van der Waals surface area contributed by atoms with Crippen LogP contribution in [0.4, 0.5) is 0 Å². The van der Waals surface area contributed by atoms with Crippen LogP contribution in [0.25, 0.3) is 11.1 Å². The van der Waals surface area contributed by atoms with Crippen molar-refractivity contribution < 1.29 is 30.0 Å². The normalized spacial score (nSPS) is 27.2. The molecule has 5 atom stereocenters. The number of ketones is 1. The molecule has 3 aliphatic rings. The van der Waals surface area contributed by atoms with Gasteiger partial charge in [-0.3, -0.25) is 14.5 Å². The lowest BCUT2D eigenvalue weighted by Gasteiger charge is -2.52. The number of Topliss-reactive ketones (excluding diaryl/α,β-unsaturated/α-hetero) is 1. The molecule has 9 nitrogen and oxygen atoms in total. The molecular formula is C34H43N3O6. The molecule has 3 aliphatic carbocycles. The van der Waals surface area contributed by atoms with Crippen LogP contribution in [0.1, 0.15) is 55.6 Å². The van der Waals surface area contributed by atoms with Gasteiger partial charge in [0, 0.05) is 18.7 Å². The van der Waals surface area contributed by atoms with Gasteiger partial charge in [-0.1, -0.05) is 45.0 Å². The Morgan fingerprint density at radius 1 is 1.12 bits per heavy atom. The topological polar surface area (TPSA) is 156 Å². The lowest BCUT2D eigenvalue weighted by atomic mass is 9.56. The molecule has 0 saturated carbocycles. The number of likely N-dealkylation sites (N-methyl/N-ethyl adjacent to an activating group) is 1. The van der Waals surface area contributed by atoms with Gasteiger partial charge in [0.1, 0.15) is 22.9 Å². The molecule has 0 radical (unpaired) electrons. The van der Waals surface area contributed by atoms with Crippen molar-refractivity contribution in [2.75, 3.05) is 20.6 Å². The van der Waals surface area contributed by atoms with Crippen molar-refractivity contribution in [2.45, 2.75) is 58.7 Å². The third kappa shape index (κ3) is 5.24. The van der Waals surface area contributed by atoms with Crippen LogP contribution in [0.15, 0.2) is 59.1 Å². The highest BCUT2D eigenvalue weighted by molar-refractivity contribution is 6.14. The maximum absolute atomic E-state index is 14.1. The van der Waals surface area contributed by atoms with Gasteiger partial charge < -0.3 is 31.5 Å². The van der Waals surface area contributed by atoms with Crippen molar-refractivity contribution >= 4 is 11.7 Å². The Labute approximate surface area is 252 Å². The molecule has 7 N–H and O–H groups in total. The number of nitrogens with two attached hydrogens (primary N) is 1. The second kappa shape index (κ2) is 10.8. The number of carbonyl (C=O) groups excluding carboxylic acids is 2. The van der Waals surface area contributed by atoms with Gasteiger partial charge in [0.25, 0.3) is 5.91 Å². The first-order valence-corrected chi connectivity index (χ1v) is 14.8. The summed E-state index contributed by atoms with van der Waals surface area (Å²) in [6.07, 6.45) is 0.728. The van der Waals surface area contributed by atoms with Gasteiger partial charge in [-0.05, 0) is 85.5 Å². The molecule has 0 bridgehead atoms. The smallest absolute Gasteiger partial charge is 0.251 e. The van der Waals surface area contributed by atoms with E-state index in [0.717, 1.165) is 23.2 Å². The number of hydrogen-bond donors (Lipinski definition) is 6. The number of rotatable bonds is 6. The second-order valence-electron chi connectivity index (χ2n) is 13.9. The fourth-order valence-electron chi connectivity index (χ4n) is 7.59. The summed E-state index contributed by atoms with van der Waals surface area (Å²) >= 11 is 0. The van der Waals surface area contributed by atoms with Crippen LogP contribution in [-0.4, -0.2) is 69.3 Å². The van der Waals surface area contributed by atoms with E-state index in [-0.39, 0.29) is 39.4 Å². The first-order chi connectivity index (χ1) is 20.0. The minimum Gasteiger partial charge on any atom is -0.511 e. The van der Waals surface area contributed by atoms with Gasteiger partial charge in [-0.15, -0.1) is 0 Å². The number of amides is 1. The van der Waals surface area contributed by atoms with Crippen LogP contribution in [0, 0.1) is 23.2 Å². The van der Waals surface area contributed by atoms with Crippen molar-refractivity contribution in [2.24, 2.45) is 28.9 Å². The van der Waals surface area contributed by atoms with E-state index < -0.39 is 41.1 Å². The number of aliphatic hydroxyl groups is 3. The molecule has 2 aromatic rings. The SMILES string of the molecule is CN(C)[C@@H]1C(O)=C(C(N)=O)C(C)(O)C2C(O)=C3C(=O)c4c(O)ccc(-c5cccc(CNCC(C)(C)C)c5)c4CC3CC21. The summed E-state index contributed by atoms with van der Waals surface area (Å²) in [7, 11) is 3.49. The minimum absolute atomic E-state index is 0.129. The Kier molecular flexibility index (Phi) is 7.74. The second-order valence-corrected chi connectivity index (χ2v) is 13.9. The van der Waals surface area contributed by atoms with Gasteiger partial charge >= 0.3 is 0 Å². The molecule has 0 heterocycles. The van der Waals surface area contributed by atoms with Gasteiger partial charge in [0.15, 0.2) is 5.78 Å². The average Bonchev–Trinajstić information content (AvgIpc) is 2.87. The summed E-state index contributed by atoms with van der Waals surface area (Å²) in [5.74, 6) is -4.32. The Morgan fingerprint density at radius 2 is 1.81 bits per heavy atom. The van der Waals surface area contributed by atoms with Crippen molar-refractivity contribution in [1.29, 1.82) is 0 Å². The number of phenols is 1. The number of nitrogens with one attached hydrogen (secondary N) is 1. The fourth-order valence-corrected chi connectivity index (χ4v) is 7.59. The maximum Gasteiger partial charge on any atom is 0.251 e. The van der Waals surface area contributed by atoms with Crippen LogP contribution in [-0.2, 0) is 17.8 Å². The maximum atomic E-state index is 14.1. The van der Waals surface area contributed by atoms with E-state index in [9.17, 15) is 30.0 Å². The molecule has 5 rings (SSSR count). The number of hydrogen-bond acceptors (Lipinski definition) is 8. The van der Waals surface area contributed by atoms with Crippen molar-refractivity contribution in [1.82, 2.24) is 10.2 Å². The summed E-state index contributed by atoms with van der Waals surface area (Å²) < 4.78 is 0. The first kappa shape index (κ1) is 30.8. The highest BCUT2D eigenvalue weighted by Gasteiger charge is 2.59. The number of aromatic hydroxyl groups is 1. The van der Waals surface area contributed by atoms with Gasteiger partial charge in [0.05, 0.1) is 23.1 Å². The van der Waals surface area contributed by atoms with Crippen LogP contribution >= 0.6 is 0 Å². The molecule has 0 fully saturated rings. The zero-order chi connectivity index (χ0) is 31.6. The molecule has 0 spiro atoms. The summed E-state index contributed by atoms with van der Waals surface area (Å²) in [4.78, 5) is 28.3. The van der Waals surface area contributed by atoms with E-state index in [1.54, 1.807) is 19.0 Å². The van der Waals surface area contributed by atoms with Crippen molar-refractivity contribution in [3.8, 4) is 16.9 Å². The third-order valence-electron chi connectivity index (χ3n) is 9.26. The van der Waals surface area contributed by atoms with Crippen molar-refractivity contribution in [3.63, 3.8) is 0 Å². The van der Waals surface area contributed by atoms with Crippen LogP contribution in [0.3, 0.4) is 0 Å². The monoisotopic (exact) mass is 589 g/mol. The number of allylic oxidation sites excluding steroid dienone is 1. The lowest BCUT2D eigenvalue weighted by Crippen LogP contribution is -2.59. The molecule has 1 amide bonds. The molecule has 9 heteroatoms. The number of primary amides is 1. The number of nitrogens with zero attached hydrogens (tertiary/aromatic N) is 1. The van der Waals surface area contributed by atoms with E-state index in [0.29, 0.717) is 24.9 Å². The van der Waals surface area contributed by atoms with Crippen LogP contribution in [0.2, 0.25) is 0 Å². The lowest BCUT2D eigenvalue weighted by molar-refractivity contribution is -0.120. The largest absolute Gasteiger partial charge is 0.511 e. The predicted molar refractivity (Wildman–Crippen MR) is 164 cm³/mol. The molecule has 230 valence electrons. The number of phenolic OH excluding ortho intramolecular Hbond substituents is 1. The highest BCUT2D eigenvalue weighted by Crippen LogP contribution is 2.55. The Morgan fingerprint density at radius 3 is 2.44 bits per heavy atom. The number of fused-ring (bicyclic) bond motifs is 3. The molecule has 4 unspecified atom stereocenters. The van der Waals surface area contributed by atoms with E-state index in [1.165, 1.54) is 13.0 Å². The highest BCUT2D eigenvalue weighted by atomic mass is 16.3. The fraction of sp³-hybridized carbons (Fsp3) is 0.471. The predicted octanol–water partition coefficient (Wildman–Crippen LogP) is 3.99. The van der Waals surface area contributed by atoms with Gasteiger partial charge in [-0.2, -0.15) is 0 Å². The number of benzene rings is 2. The molecule has 0 aromatic heterocycles. The van der Waals surface area contributed by atoms with Gasteiger partial charge in [-0.25, -0.2) is 0 Å². The Bertz CT molecular complexity index is 1550. The summed E-state index contributed by atoms with van der Waals surface area (Å²) in [5, 5.41) is 48.9. The molecule has 0 aliphatic heterocycles. The van der Waals surface area contributed by atoms with E-state index in [1.807, 2.05) is 24.3 Å². The quantitative estimate of drug-likeness (QED) is 0.295. The molecule has 43 heavy (non-hydrogen) atoms. The van der Waals surface area contributed by atoms with Crippen molar-refractivity contribution in [3.05, 3.63) is 75.8 Å². The average molecular weight is 590 g/mol.